The van der Waals surface area contributed by atoms with E-state index in [-0.39, 0.29) is 0 Å². The average Bonchev–Trinajstić information content (AvgIpc) is 3.55. The van der Waals surface area contributed by atoms with Gasteiger partial charge in [-0.2, -0.15) is 0 Å². The van der Waals surface area contributed by atoms with Crippen LogP contribution in [0, 0.1) is 6.57 Å². The summed E-state index contributed by atoms with van der Waals surface area (Å²) in [7, 11) is 0. The Bertz CT molecular complexity index is 2630. The summed E-state index contributed by atoms with van der Waals surface area (Å²) >= 11 is 0. The van der Waals surface area contributed by atoms with Crippen molar-refractivity contribution in [1.82, 2.24) is 14.5 Å². The molecule has 51 heavy (non-hydrogen) atoms. The Morgan fingerprint density at radius 1 is 0.392 bits per heavy atom. The second-order valence-electron chi connectivity index (χ2n) is 12.6. The highest BCUT2D eigenvalue weighted by Crippen LogP contribution is 2.38. The molecule has 2 aromatic heterocycles. The lowest BCUT2D eigenvalue weighted by Gasteiger charge is -2.13. The summed E-state index contributed by atoms with van der Waals surface area (Å²) in [5, 5.41) is 2.32. The number of nitrogens with zero attached hydrogens (tertiary/aromatic N) is 4. The van der Waals surface area contributed by atoms with Crippen LogP contribution in [0.25, 0.3) is 88.5 Å². The van der Waals surface area contributed by atoms with Crippen LogP contribution in [0.5, 0.6) is 0 Å². The molecule has 2 heterocycles. The quantitative estimate of drug-likeness (QED) is 0.168. The Balaban J connectivity index is 1.28. The lowest BCUT2D eigenvalue weighted by Crippen LogP contribution is -2.02. The topological polar surface area (TPSA) is 35.1 Å². The third-order valence-corrected chi connectivity index (χ3v) is 9.44. The zero-order valence-corrected chi connectivity index (χ0v) is 27.6. The smallest absolute Gasteiger partial charge is 0.187 e. The second-order valence-corrected chi connectivity index (χ2v) is 12.6. The van der Waals surface area contributed by atoms with E-state index in [2.05, 4.69) is 143 Å². The Kier molecular flexibility index (Phi) is 7.50. The molecular weight excluding hydrogens is 621 g/mol. The Hall–Kier alpha value is -7.09. The van der Waals surface area contributed by atoms with Gasteiger partial charge >= 0.3 is 0 Å². The van der Waals surface area contributed by atoms with Crippen LogP contribution in [-0.4, -0.2) is 14.5 Å². The minimum Gasteiger partial charge on any atom is -0.294 e. The normalized spacial score (nSPS) is 11.1. The molecule has 0 saturated carbocycles. The first kappa shape index (κ1) is 30.0. The molecule has 0 bridgehead atoms. The van der Waals surface area contributed by atoms with Gasteiger partial charge < -0.3 is 0 Å². The Labute approximate surface area is 296 Å². The van der Waals surface area contributed by atoms with Gasteiger partial charge in [-0.25, -0.2) is 14.8 Å². The van der Waals surface area contributed by atoms with Crippen LogP contribution in [0.15, 0.2) is 182 Å². The zero-order chi connectivity index (χ0) is 34.1. The van der Waals surface area contributed by atoms with Crippen LogP contribution in [0.1, 0.15) is 0 Å². The summed E-state index contributed by atoms with van der Waals surface area (Å²) in [6.45, 7) is 7.34. The standard InChI is InChI=1S/C47H30N4/c1-48-40-24-20-34(21-25-40)36-18-11-19-39(28-36)47-49-43(35-16-9-4-10-17-35)31-46(50-47)51-44-26-22-37(32-12-5-2-6-13-32)29-41(44)42-30-38(23-27-45(42)51)33-14-7-3-8-15-33/h2-31H. The molecule has 0 aliphatic carbocycles. The number of benzene rings is 7. The first-order chi connectivity index (χ1) is 25.2. The van der Waals surface area contributed by atoms with E-state index >= 15 is 0 Å². The Morgan fingerprint density at radius 3 is 1.43 bits per heavy atom. The largest absolute Gasteiger partial charge is 0.294 e. The highest BCUT2D eigenvalue weighted by molar-refractivity contribution is 6.11. The molecule has 0 atom stereocenters. The van der Waals surface area contributed by atoms with Gasteiger partial charge in [0.15, 0.2) is 11.5 Å². The molecule has 0 saturated heterocycles. The second kappa shape index (κ2) is 12.7. The minimum absolute atomic E-state index is 0.622. The van der Waals surface area contributed by atoms with Crippen molar-refractivity contribution in [2.45, 2.75) is 0 Å². The molecule has 0 aliphatic rings. The summed E-state index contributed by atoms with van der Waals surface area (Å²) in [6, 6.07) is 62.9. The SMILES string of the molecule is [C-]#[N+]c1ccc(-c2cccc(-c3nc(-c4ccccc4)cc(-n4c5ccc(-c6ccccc6)cc5c5cc(-c6ccccc6)ccc54)n3)c2)cc1. The summed E-state index contributed by atoms with van der Waals surface area (Å²) in [5.41, 5.74) is 12.3. The van der Waals surface area contributed by atoms with E-state index in [1.807, 2.05) is 48.5 Å². The summed E-state index contributed by atoms with van der Waals surface area (Å²) in [4.78, 5) is 14.0. The number of rotatable bonds is 6. The highest BCUT2D eigenvalue weighted by Gasteiger charge is 2.18. The minimum atomic E-state index is 0.622. The third kappa shape index (κ3) is 5.63. The molecule has 9 rings (SSSR count). The zero-order valence-electron chi connectivity index (χ0n) is 27.6. The van der Waals surface area contributed by atoms with Crippen molar-refractivity contribution in [3.63, 3.8) is 0 Å². The summed E-state index contributed by atoms with van der Waals surface area (Å²) in [5.74, 6) is 1.44. The monoisotopic (exact) mass is 650 g/mol. The first-order valence-electron chi connectivity index (χ1n) is 16.9. The lowest BCUT2D eigenvalue weighted by atomic mass is 10.0. The van der Waals surface area contributed by atoms with Gasteiger partial charge in [0.25, 0.3) is 0 Å². The van der Waals surface area contributed by atoms with Gasteiger partial charge in [-0.1, -0.05) is 146 Å². The molecule has 238 valence electrons. The van der Waals surface area contributed by atoms with Crippen molar-refractivity contribution >= 4 is 27.5 Å². The molecule has 0 spiro atoms. The van der Waals surface area contributed by atoms with Crippen molar-refractivity contribution in [3.05, 3.63) is 193 Å². The van der Waals surface area contributed by atoms with Crippen LogP contribution in [0.3, 0.4) is 0 Å². The first-order valence-corrected chi connectivity index (χ1v) is 16.9. The highest BCUT2D eigenvalue weighted by atomic mass is 15.1. The fraction of sp³-hybridized carbons (Fsp3) is 0. The van der Waals surface area contributed by atoms with E-state index in [0.717, 1.165) is 55.6 Å². The molecule has 0 radical (unpaired) electrons. The van der Waals surface area contributed by atoms with E-state index in [9.17, 15) is 0 Å². The van der Waals surface area contributed by atoms with Gasteiger partial charge in [0.1, 0.15) is 5.82 Å². The van der Waals surface area contributed by atoms with E-state index in [4.69, 9.17) is 16.5 Å². The Morgan fingerprint density at radius 2 is 0.863 bits per heavy atom. The number of hydrogen-bond acceptors (Lipinski definition) is 2. The van der Waals surface area contributed by atoms with Gasteiger partial charge in [0.05, 0.1) is 23.3 Å². The van der Waals surface area contributed by atoms with Crippen LogP contribution in [0.2, 0.25) is 0 Å². The average molecular weight is 651 g/mol. The fourth-order valence-corrected chi connectivity index (χ4v) is 6.89. The van der Waals surface area contributed by atoms with Crippen molar-refractivity contribution in [1.29, 1.82) is 0 Å². The van der Waals surface area contributed by atoms with Crippen LogP contribution < -0.4 is 0 Å². The van der Waals surface area contributed by atoms with Crippen molar-refractivity contribution in [2.75, 3.05) is 0 Å². The van der Waals surface area contributed by atoms with Gasteiger partial charge in [0.2, 0.25) is 0 Å². The van der Waals surface area contributed by atoms with Crippen LogP contribution >= 0.6 is 0 Å². The van der Waals surface area contributed by atoms with Gasteiger partial charge in [-0.3, -0.25) is 4.57 Å². The number of aromatic nitrogens is 3. The van der Waals surface area contributed by atoms with Crippen LogP contribution in [-0.2, 0) is 0 Å². The van der Waals surface area contributed by atoms with Crippen LogP contribution in [0.4, 0.5) is 5.69 Å². The molecule has 4 heteroatoms. The molecule has 0 unspecified atom stereocenters. The van der Waals surface area contributed by atoms with E-state index < -0.39 is 0 Å². The summed E-state index contributed by atoms with van der Waals surface area (Å²) < 4.78 is 2.28. The number of fused-ring (bicyclic) bond motifs is 3. The predicted octanol–water partition coefficient (Wildman–Crippen LogP) is 12.5. The third-order valence-electron chi connectivity index (χ3n) is 9.44. The summed E-state index contributed by atoms with van der Waals surface area (Å²) in [6.07, 6.45) is 0. The molecule has 0 aliphatic heterocycles. The maximum absolute atomic E-state index is 7.34. The fourth-order valence-electron chi connectivity index (χ4n) is 6.89. The molecule has 0 fully saturated rings. The molecule has 7 aromatic carbocycles. The van der Waals surface area contributed by atoms with Crippen molar-refractivity contribution in [2.24, 2.45) is 0 Å². The van der Waals surface area contributed by atoms with Gasteiger partial charge in [-0.05, 0) is 63.7 Å². The molecular formula is C47H30N4. The maximum atomic E-state index is 7.34. The molecule has 9 aromatic rings. The van der Waals surface area contributed by atoms with Gasteiger partial charge in [0, 0.05) is 28.0 Å². The van der Waals surface area contributed by atoms with E-state index in [1.54, 1.807) is 0 Å². The van der Waals surface area contributed by atoms with Crippen molar-refractivity contribution in [3.8, 4) is 61.8 Å². The van der Waals surface area contributed by atoms with E-state index in [0.29, 0.717) is 11.5 Å². The maximum Gasteiger partial charge on any atom is 0.187 e. The number of hydrogen-bond donors (Lipinski definition) is 0. The van der Waals surface area contributed by atoms with E-state index in [1.165, 1.54) is 22.3 Å². The molecule has 4 nitrogen and oxygen atoms in total. The lowest BCUT2D eigenvalue weighted by molar-refractivity contribution is 1.05. The predicted molar refractivity (Wildman–Crippen MR) is 210 cm³/mol. The molecule has 0 amide bonds. The van der Waals surface area contributed by atoms with Gasteiger partial charge in [-0.15, -0.1) is 0 Å². The van der Waals surface area contributed by atoms with Crippen molar-refractivity contribution < 1.29 is 0 Å². The molecule has 0 N–H and O–H groups in total.